The lowest BCUT2D eigenvalue weighted by Gasteiger charge is -2.03. The van der Waals surface area contributed by atoms with Gasteiger partial charge in [0.1, 0.15) is 0 Å². The van der Waals surface area contributed by atoms with Gasteiger partial charge in [0.2, 0.25) is 0 Å². The van der Waals surface area contributed by atoms with E-state index in [1.54, 1.807) is 30.6 Å². The van der Waals surface area contributed by atoms with Crippen molar-refractivity contribution in [3.8, 4) is 0 Å². The highest BCUT2D eigenvalue weighted by molar-refractivity contribution is 6.14. The van der Waals surface area contributed by atoms with Crippen molar-refractivity contribution in [2.75, 3.05) is 0 Å². The van der Waals surface area contributed by atoms with E-state index in [1.165, 1.54) is 0 Å². The second kappa shape index (κ2) is 5.67. The number of carbonyl (C=O) groups is 2. The van der Waals surface area contributed by atoms with E-state index in [2.05, 4.69) is 4.98 Å². The summed E-state index contributed by atoms with van der Waals surface area (Å²) >= 11 is 0. The molecule has 21 heavy (non-hydrogen) atoms. The molecule has 0 bridgehead atoms. The second-order valence-electron chi connectivity index (χ2n) is 4.82. The quantitative estimate of drug-likeness (QED) is 0.539. The first-order valence-electron chi connectivity index (χ1n) is 6.69. The zero-order chi connectivity index (χ0) is 14.7. The molecule has 1 aromatic heterocycles. The van der Waals surface area contributed by atoms with Crippen molar-refractivity contribution in [1.82, 2.24) is 4.98 Å². The Morgan fingerprint density at radius 2 is 1.43 bits per heavy atom. The van der Waals surface area contributed by atoms with Crippen LogP contribution in [-0.2, 0) is 0 Å². The van der Waals surface area contributed by atoms with Crippen LogP contribution in [0, 0.1) is 0 Å². The minimum Gasteiger partial charge on any atom is -0.294 e. The first-order valence-corrected chi connectivity index (χ1v) is 6.69. The van der Waals surface area contributed by atoms with Crippen LogP contribution in [0.3, 0.4) is 0 Å². The number of benzene rings is 2. The number of carbonyl (C=O) groups excluding carboxylic acids is 2. The molecule has 0 radical (unpaired) electrons. The van der Waals surface area contributed by atoms with Crippen LogP contribution in [0.1, 0.15) is 27.1 Å². The summed E-state index contributed by atoms with van der Waals surface area (Å²) in [6, 6.07) is 16.6. The number of Topliss-reactive ketones (excluding diaryl/α,β-unsaturated/α-hetero) is 2. The number of pyridine rings is 1. The van der Waals surface area contributed by atoms with Crippen LogP contribution in [-0.4, -0.2) is 16.6 Å². The molecule has 102 valence electrons. The van der Waals surface area contributed by atoms with Crippen LogP contribution in [0.5, 0.6) is 0 Å². The van der Waals surface area contributed by atoms with E-state index in [9.17, 15) is 9.59 Å². The predicted molar refractivity (Wildman–Crippen MR) is 81.5 cm³/mol. The Morgan fingerprint density at radius 1 is 0.762 bits per heavy atom. The van der Waals surface area contributed by atoms with Gasteiger partial charge in [0.15, 0.2) is 11.6 Å². The maximum atomic E-state index is 12.2. The number of fused-ring (bicyclic) bond motifs is 1. The summed E-state index contributed by atoms with van der Waals surface area (Å²) in [4.78, 5) is 28.1. The fourth-order valence-electron chi connectivity index (χ4n) is 2.25. The Hall–Kier alpha value is -2.81. The third kappa shape index (κ3) is 2.87. The van der Waals surface area contributed by atoms with Gasteiger partial charge in [-0.05, 0) is 29.0 Å². The Balaban J connectivity index is 1.82. The molecule has 0 N–H and O–H groups in total. The summed E-state index contributed by atoms with van der Waals surface area (Å²) in [5.41, 5.74) is 1.08. The van der Waals surface area contributed by atoms with Gasteiger partial charge < -0.3 is 0 Å². The van der Waals surface area contributed by atoms with Crippen molar-refractivity contribution in [1.29, 1.82) is 0 Å². The predicted octanol–water partition coefficient (Wildman–Crippen LogP) is 3.69. The number of hydrogen-bond donors (Lipinski definition) is 0. The van der Waals surface area contributed by atoms with E-state index >= 15 is 0 Å². The fourth-order valence-corrected chi connectivity index (χ4v) is 2.25. The lowest BCUT2D eigenvalue weighted by molar-refractivity contribution is 0.0894. The van der Waals surface area contributed by atoms with Crippen LogP contribution in [0.15, 0.2) is 67.0 Å². The number of nitrogens with zero attached hydrogens (tertiary/aromatic N) is 1. The van der Waals surface area contributed by atoms with Gasteiger partial charge in [-0.15, -0.1) is 0 Å². The average Bonchev–Trinajstić information content (AvgIpc) is 2.55. The smallest absolute Gasteiger partial charge is 0.170 e. The molecule has 3 rings (SSSR count). The summed E-state index contributed by atoms with van der Waals surface area (Å²) in [7, 11) is 0. The largest absolute Gasteiger partial charge is 0.294 e. The van der Waals surface area contributed by atoms with Crippen molar-refractivity contribution in [2.45, 2.75) is 6.42 Å². The summed E-state index contributed by atoms with van der Waals surface area (Å²) < 4.78 is 0. The number of ketones is 2. The van der Waals surface area contributed by atoms with E-state index in [0.29, 0.717) is 11.1 Å². The number of hydrogen-bond acceptors (Lipinski definition) is 3. The molecule has 0 saturated heterocycles. The first kappa shape index (κ1) is 13.2. The molecule has 3 nitrogen and oxygen atoms in total. The molecule has 0 amide bonds. The van der Waals surface area contributed by atoms with Gasteiger partial charge in [-0.3, -0.25) is 14.6 Å². The van der Waals surface area contributed by atoms with Crippen LogP contribution in [0.4, 0.5) is 0 Å². The molecule has 0 saturated carbocycles. The van der Waals surface area contributed by atoms with Gasteiger partial charge in [0.05, 0.1) is 6.42 Å². The lowest BCUT2D eigenvalue weighted by atomic mass is 10.00. The molecule has 0 aliphatic heterocycles. The Kier molecular flexibility index (Phi) is 3.56. The molecule has 0 atom stereocenters. The third-order valence-electron chi connectivity index (χ3n) is 3.39. The molecule has 0 aliphatic rings. The Morgan fingerprint density at radius 3 is 2.19 bits per heavy atom. The van der Waals surface area contributed by atoms with E-state index in [1.807, 2.05) is 36.4 Å². The highest BCUT2D eigenvalue weighted by atomic mass is 16.1. The van der Waals surface area contributed by atoms with Crippen LogP contribution in [0.2, 0.25) is 0 Å². The molecular weight excluding hydrogens is 262 g/mol. The van der Waals surface area contributed by atoms with Crippen LogP contribution >= 0.6 is 0 Å². The summed E-state index contributed by atoms with van der Waals surface area (Å²) in [5, 5.41) is 2.08. The van der Waals surface area contributed by atoms with Crippen LogP contribution in [0.25, 0.3) is 10.8 Å². The molecule has 3 aromatic rings. The molecule has 2 aromatic carbocycles. The number of aromatic nitrogens is 1. The van der Waals surface area contributed by atoms with Gasteiger partial charge in [-0.2, -0.15) is 0 Å². The fraction of sp³-hybridized carbons (Fsp3) is 0.0556. The molecule has 3 heteroatoms. The number of rotatable bonds is 4. The van der Waals surface area contributed by atoms with Crippen molar-refractivity contribution in [3.05, 3.63) is 78.1 Å². The molecular formula is C18H13NO2. The standard InChI is InChI=1S/C18H13NO2/c20-17(14-7-9-19-10-8-14)12-18(21)16-6-5-13-3-1-2-4-15(13)11-16/h1-11H,12H2. The average molecular weight is 275 g/mol. The Bertz CT molecular complexity index is 810. The van der Waals surface area contributed by atoms with Gasteiger partial charge in [-0.25, -0.2) is 0 Å². The Labute approximate surface area is 122 Å². The van der Waals surface area contributed by atoms with Gasteiger partial charge >= 0.3 is 0 Å². The van der Waals surface area contributed by atoms with E-state index in [4.69, 9.17) is 0 Å². The second-order valence-corrected chi connectivity index (χ2v) is 4.82. The van der Waals surface area contributed by atoms with Crippen molar-refractivity contribution < 1.29 is 9.59 Å². The highest BCUT2D eigenvalue weighted by Gasteiger charge is 2.13. The maximum Gasteiger partial charge on any atom is 0.170 e. The van der Waals surface area contributed by atoms with Crippen molar-refractivity contribution in [3.63, 3.8) is 0 Å². The first-order chi connectivity index (χ1) is 10.2. The zero-order valence-electron chi connectivity index (χ0n) is 11.3. The summed E-state index contributed by atoms with van der Waals surface area (Å²) in [5.74, 6) is -0.349. The molecule has 0 fully saturated rings. The van der Waals surface area contributed by atoms with E-state index in [-0.39, 0.29) is 18.0 Å². The SMILES string of the molecule is O=C(CC(=O)c1ccc2ccccc2c1)c1ccncc1. The van der Waals surface area contributed by atoms with Gasteiger partial charge in [-0.1, -0.05) is 36.4 Å². The summed E-state index contributed by atoms with van der Waals surface area (Å²) in [6.07, 6.45) is 2.98. The van der Waals surface area contributed by atoms with E-state index in [0.717, 1.165) is 10.8 Å². The maximum absolute atomic E-state index is 12.2. The molecule has 0 spiro atoms. The monoisotopic (exact) mass is 275 g/mol. The zero-order valence-corrected chi connectivity index (χ0v) is 11.3. The van der Waals surface area contributed by atoms with E-state index < -0.39 is 0 Å². The normalized spacial score (nSPS) is 10.5. The van der Waals surface area contributed by atoms with Gasteiger partial charge in [0.25, 0.3) is 0 Å². The summed E-state index contributed by atoms with van der Waals surface area (Å²) in [6.45, 7) is 0. The minimum absolute atomic E-state index is 0.123. The lowest BCUT2D eigenvalue weighted by Crippen LogP contribution is -2.08. The minimum atomic E-state index is -0.185. The van der Waals surface area contributed by atoms with Crippen molar-refractivity contribution >= 4 is 22.3 Å². The molecule has 0 unspecified atom stereocenters. The van der Waals surface area contributed by atoms with Crippen molar-refractivity contribution in [2.24, 2.45) is 0 Å². The van der Waals surface area contributed by atoms with Crippen LogP contribution < -0.4 is 0 Å². The molecule has 0 aliphatic carbocycles. The molecule has 1 heterocycles. The third-order valence-corrected chi connectivity index (χ3v) is 3.39. The topological polar surface area (TPSA) is 47.0 Å². The van der Waals surface area contributed by atoms with Gasteiger partial charge in [0, 0.05) is 23.5 Å². The highest BCUT2D eigenvalue weighted by Crippen LogP contribution is 2.17.